The first kappa shape index (κ1) is 24.2. The smallest absolute Gasteiger partial charge is 0.340 e. The monoisotopic (exact) mass is 516 g/mol. The topological polar surface area (TPSA) is 93.2 Å². The van der Waals surface area contributed by atoms with E-state index >= 15 is 0 Å². The molecule has 0 spiro atoms. The third-order valence-electron chi connectivity index (χ3n) is 5.87. The van der Waals surface area contributed by atoms with Crippen LogP contribution in [0.1, 0.15) is 49.4 Å². The quantitative estimate of drug-likeness (QED) is 0.539. The van der Waals surface area contributed by atoms with Crippen LogP contribution >= 0.6 is 15.9 Å². The number of carbonyl (C=O) groups is 2. The Bertz CT molecular complexity index is 910. The van der Waals surface area contributed by atoms with Crippen molar-refractivity contribution < 1.29 is 27.5 Å². The molecule has 0 aromatic heterocycles. The molecule has 0 N–H and O–H groups in total. The minimum atomic E-state index is -3.76. The summed E-state index contributed by atoms with van der Waals surface area (Å²) in [7, 11) is -2.01. The van der Waals surface area contributed by atoms with Crippen LogP contribution in [0.3, 0.4) is 0 Å². The van der Waals surface area contributed by atoms with Crippen LogP contribution in [-0.2, 0) is 24.3 Å². The van der Waals surface area contributed by atoms with Crippen molar-refractivity contribution in [1.82, 2.24) is 9.21 Å². The van der Waals surface area contributed by atoms with Gasteiger partial charge in [-0.05, 0) is 53.9 Å². The van der Waals surface area contributed by atoms with E-state index in [0.29, 0.717) is 17.7 Å². The minimum Gasteiger partial charge on any atom is -0.449 e. The number of morpholine rings is 1. The Morgan fingerprint density at radius 3 is 2.48 bits per heavy atom. The van der Waals surface area contributed by atoms with Crippen molar-refractivity contribution in [1.29, 1.82) is 0 Å². The van der Waals surface area contributed by atoms with Crippen molar-refractivity contribution in [2.24, 2.45) is 0 Å². The van der Waals surface area contributed by atoms with Gasteiger partial charge in [-0.2, -0.15) is 4.31 Å². The molecule has 1 aliphatic carbocycles. The Kier molecular flexibility index (Phi) is 8.12. The molecule has 1 amide bonds. The molecule has 2 aliphatic rings. The average molecular weight is 517 g/mol. The Morgan fingerprint density at radius 2 is 1.84 bits per heavy atom. The zero-order valence-electron chi connectivity index (χ0n) is 17.9. The average Bonchev–Trinajstić information content (AvgIpc) is 2.79. The van der Waals surface area contributed by atoms with Crippen LogP contribution in [0.25, 0.3) is 0 Å². The first-order chi connectivity index (χ1) is 14.7. The largest absolute Gasteiger partial charge is 0.449 e. The summed E-state index contributed by atoms with van der Waals surface area (Å²) < 4.78 is 38.2. The van der Waals surface area contributed by atoms with Gasteiger partial charge in [-0.15, -0.1) is 0 Å². The maximum atomic E-state index is 12.9. The Hall–Kier alpha value is -1.49. The third-order valence-corrected chi connectivity index (χ3v) is 8.45. The predicted octanol–water partition coefficient (Wildman–Crippen LogP) is 2.81. The van der Waals surface area contributed by atoms with Gasteiger partial charge in [0.2, 0.25) is 10.0 Å². The lowest BCUT2D eigenvalue weighted by Gasteiger charge is -2.32. The molecule has 1 aromatic carbocycles. The lowest BCUT2D eigenvalue weighted by atomic mass is 9.94. The summed E-state index contributed by atoms with van der Waals surface area (Å²) in [5.74, 6) is -1.00. The second-order valence-corrected chi connectivity index (χ2v) is 10.7. The van der Waals surface area contributed by atoms with E-state index in [2.05, 4.69) is 15.9 Å². The van der Waals surface area contributed by atoms with Crippen LogP contribution in [-0.4, -0.2) is 75.0 Å². The van der Waals surface area contributed by atoms with Crippen LogP contribution in [0.2, 0.25) is 0 Å². The molecular weight excluding hydrogens is 488 g/mol. The summed E-state index contributed by atoms with van der Waals surface area (Å²) in [5.41, 5.74) is 0.0642. The number of rotatable bonds is 6. The van der Waals surface area contributed by atoms with Gasteiger partial charge in [0, 0.05) is 30.7 Å². The van der Waals surface area contributed by atoms with Gasteiger partial charge in [-0.1, -0.05) is 19.3 Å². The Labute approximate surface area is 192 Å². The zero-order chi connectivity index (χ0) is 22.6. The molecule has 1 saturated heterocycles. The maximum Gasteiger partial charge on any atom is 0.340 e. The maximum absolute atomic E-state index is 12.9. The predicted molar refractivity (Wildman–Crippen MR) is 118 cm³/mol. The molecule has 172 valence electrons. The van der Waals surface area contributed by atoms with Crippen molar-refractivity contribution in [3.8, 4) is 0 Å². The molecule has 8 nitrogen and oxygen atoms in total. The van der Waals surface area contributed by atoms with Crippen molar-refractivity contribution in [3.05, 3.63) is 28.2 Å². The van der Waals surface area contributed by atoms with Crippen LogP contribution in [0, 0.1) is 0 Å². The molecule has 1 aromatic rings. The number of likely N-dealkylation sites (N-methyl/N-ethyl adjacent to an activating group) is 1. The summed E-state index contributed by atoms with van der Waals surface area (Å²) in [4.78, 5) is 27.2. The SMILES string of the molecule is C[C@H](OC(=O)c1cc(S(=O)(=O)N2CCOCC2)ccc1Br)C(=O)N(C)C1CCCCC1. The molecule has 1 atom stereocenters. The highest BCUT2D eigenvalue weighted by atomic mass is 79.9. The second kappa shape index (κ2) is 10.4. The first-order valence-corrected chi connectivity index (χ1v) is 12.8. The summed E-state index contributed by atoms with van der Waals surface area (Å²) in [6.45, 7) is 2.73. The van der Waals surface area contributed by atoms with Gasteiger partial charge in [0.1, 0.15) is 0 Å². The molecule has 1 heterocycles. The molecule has 0 radical (unpaired) electrons. The summed E-state index contributed by atoms with van der Waals surface area (Å²) in [6, 6.07) is 4.40. The van der Waals surface area contributed by atoms with E-state index in [-0.39, 0.29) is 35.5 Å². The molecule has 0 bridgehead atoms. The van der Waals surface area contributed by atoms with Gasteiger partial charge in [0.15, 0.2) is 6.10 Å². The van der Waals surface area contributed by atoms with Gasteiger partial charge in [0.05, 0.1) is 23.7 Å². The number of sulfonamides is 1. The standard InChI is InChI=1S/C21H29BrN2O6S/c1-15(20(25)23(2)16-6-4-3-5-7-16)30-21(26)18-14-17(8-9-19(18)22)31(27,28)24-10-12-29-13-11-24/h8-9,14-16H,3-7,10-13H2,1-2H3/t15-/m0/s1. The number of hydrogen-bond donors (Lipinski definition) is 0. The highest BCUT2D eigenvalue weighted by Gasteiger charge is 2.30. The van der Waals surface area contributed by atoms with Gasteiger partial charge in [0.25, 0.3) is 5.91 Å². The number of halogens is 1. The molecule has 1 saturated carbocycles. The van der Waals surface area contributed by atoms with Crippen molar-refractivity contribution in [2.45, 2.75) is 56.1 Å². The first-order valence-electron chi connectivity index (χ1n) is 10.6. The Morgan fingerprint density at radius 1 is 1.19 bits per heavy atom. The summed E-state index contributed by atoms with van der Waals surface area (Å²) >= 11 is 3.29. The van der Waals surface area contributed by atoms with Gasteiger partial charge >= 0.3 is 5.97 Å². The third kappa shape index (κ3) is 5.66. The van der Waals surface area contributed by atoms with Crippen molar-refractivity contribution in [2.75, 3.05) is 33.4 Å². The molecule has 3 rings (SSSR count). The number of esters is 1. The molecule has 31 heavy (non-hydrogen) atoms. The van der Waals surface area contributed by atoms with Gasteiger partial charge < -0.3 is 14.4 Å². The molecular formula is C21H29BrN2O6S. The molecule has 1 aliphatic heterocycles. The van der Waals surface area contributed by atoms with E-state index in [9.17, 15) is 18.0 Å². The minimum absolute atomic E-state index is 0.00264. The number of ether oxygens (including phenoxy) is 2. The van der Waals surface area contributed by atoms with Crippen LogP contribution in [0.5, 0.6) is 0 Å². The second-order valence-electron chi connectivity index (χ2n) is 7.95. The van der Waals surface area contributed by atoms with E-state index in [4.69, 9.17) is 9.47 Å². The van der Waals surface area contributed by atoms with Gasteiger partial charge in [-0.25, -0.2) is 13.2 Å². The highest BCUT2D eigenvalue weighted by Crippen LogP contribution is 2.26. The van der Waals surface area contributed by atoms with E-state index in [1.54, 1.807) is 18.9 Å². The fraction of sp³-hybridized carbons (Fsp3) is 0.619. The van der Waals surface area contributed by atoms with E-state index in [1.807, 2.05) is 0 Å². The number of benzene rings is 1. The van der Waals surface area contributed by atoms with Crippen LogP contribution in [0.4, 0.5) is 0 Å². The summed E-state index contributed by atoms with van der Waals surface area (Å²) in [6.07, 6.45) is 4.31. The fourth-order valence-corrected chi connectivity index (χ4v) is 5.81. The van der Waals surface area contributed by atoms with Crippen molar-refractivity contribution >= 4 is 37.8 Å². The highest BCUT2D eigenvalue weighted by molar-refractivity contribution is 9.10. The lowest BCUT2D eigenvalue weighted by Crippen LogP contribution is -2.44. The molecule has 2 fully saturated rings. The van der Waals surface area contributed by atoms with E-state index < -0.39 is 22.1 Å². The normalized spacial score (nSPS) is 19.6. The zero-order valence-corrected chi connectivity index (χ0v) is 20.3. The number of amides is 1. The fourth-order valence-electron chi connectivity index (χ4n) is 3.97. The van der Waals surface area contributed by atoms with Crippen LogP contribution < -0.4 is 0 Å². The molecule has 0 unspecified atom stereocenters. The lowest BCUT2D eigenvalue weighted by molar-refractivity contribution is -0.141. The van der Waals surface area contributed by atoms with E-state index in [1.165, 1.54) is 28.9 Å². The van der Waals surface area contributed by atoms with Crippen LogP contribution in [0.15, 0.2) is 27.6 Å². The van der Waals surface area contributed by atoms with E-state index in [0.717, 1.165) is 25.7 Å². The molecule has 10 heteroatoms. The number of nitrogens with zero attached hydrogens (tertiary/aromatic N) is 2. The summed E-state index contributed by atoms with van der Waals surface area (Å²) in [5, 5.41) is 0. The number of hydrogen-bond acceptors (Lipinski definition) is 6. The number of carbonyl (C=O) groups excluding carboxylic acids is 2. The van der Waals surface area contributed by atoms with Gasteiger partial charge in [-0.3, -0.25) is 4.79 Å². The Balaban J connectivity index is 1.72. The van der Waals surface area contributed by atoms with Crippen molar-refractivity contribution in [3.63, 3.8) is 0 Å².